The largest absolute Gasteiger partial charge is 0.383 e. The van der Waals surface area contributed by atoms with Gasteiger partial charge in [0.15, 0.2) is 0 Å². The lowest BCUT2D eigenvalue weighted by Crippen LogP contribution is -2.35. The summed E-state index contributed by atoms with van der Waals surface area (Å²) in [7, 11) is 1.57. The molecule has 18 heavy (non-hydrogen) atoms. The molecule has 0 aliphatic heterocycles. The number of nitrogens with zero attached hydrogens (tertiary/aromatic N) is 1. The zero-order chi connectivity index (χ0) is 13.5. The van der Waals surface area contributed by atoms with Crippen molar-refractivity contribution in [1.82, 2.24) is 4.57 Å². The summed E-state index contributed by atoms with van der Waals surface area (Å²) in [5, 5.41) is 2.67. The van der Waals surface area contributed by atoms with Crippen LogP contribution in [0.1, 0.15) is 13.3 Å². The van der Waals surface area contributed by atoms with Crippen molar-refractivity contribution >= 4 is 11.6 Å². The molecule has 0 spiro atoms. The molecule has 0 aromatic carbocycles. The number of aromatic nitrogens is 1. The van der Waals surface area contributed by atoms with Crippen molar-refractivity contribution in [3.05, 3.63) is 28.7 Å². The molecule has 6 nitrogen and oxygen atoms in total. The molecule has 0 bridgehead atoms. The Kier molecular flexibility index (Phi) is 5.54. The zero-order valence-electron chi connectivity index (χ0n) is 10.7. The maximum Gasteiger partial charge on any atom is 0.250 e. The number of nitrogens with one attached hydrogen (secondary N) is 1. The van der Waals surface area contributed by atoms with Crippen LogP contribution < -0.4 is 16.6 Å². The van der Waals surface area contributed by atoms with Gasteiger partial charge in [-0.3, -0.25) is 9.59 Å². The molecule has 1 atom stereocenters. The molecule has 0 unspecified atom stereocenters. The first-order chi connectivity index (χ1) is 8.58. The normalized spacial score (nSPS) is 12.2. The molecule has 0 radical (unpaired) electrons. The summed E-state index contributed by atoms with van der Waals surface area (Å²) in [5.74, 6) is -0.255. The Morgan fingerprint density at radius 1 is 1.56 bits per heavy atom. The predicted molar refractivity (Wildman–Crippen MR) is 69.5 cm³/mol. The number of pyridine rings is 1. The molecule has 0 aliphatic carbocycles. The lowest BCUT2D eigenvalue weighted by molar-refractivity contribution is -0.117. The van der Waals surface area contributed by atoms with Crippen molar-refractivity contribution < 1.29 is 9.53 Å². The molecule has 0 saturated carbocycles. The smallest absolute Gasteiger partial charge is 0.250 e. The molecule has 0 fully saturated rings. The molecule has 0 aliphatic rings. The Bertz CT molecular complexity index is 456. The van der Waals surface area contributed by atoms with Gasteiger partial charge < -0.3 is 20.4 Å². The van der Waals surface area contributed by atoms with Gasteiger partial charge in [0.2, 0.25) is 5.91 Å². The molecule has 1 heterocycles. The molecular formula is C12H19N3O3. The number of ether oxygens (including phenoxy) is 1. The van der Waals surface area contributed by atoms with E-state index in [4.69, 9.17) is 10.5 Å². The number of amides is 1. The molecule has 3 N–H and O–H groups in total. The highest BCUT2D eigenvalue weighted by Crippen LogP contribution is 2.04. The van der Waals surface area contributed by atoms with Gasteiger partial charge in [-0.2, -0.15) is 0 Å². The Balaban J connectivity index is 2.78. The van der Waals surface area contributed by atoms with E-state index >= 15 is 0 Å². The van der Waals surface area contributed by atoms with E-state index in [2.05, 4.69) is 5.32 Å². The highest BCUT2D eigenvalue weighted by atomic mass is 16.5. The van der Waals surface area contributed by atoms with Gasteiger partial charge in [-0.15, -0.1) is 0 Å². The van der Waals surface area contributed by atoms with Crippen LogP contribution in [0.3, 0.4) is 0 Å². The van der Waals surface area contributed by atoms with Crippen molar-refractivity contribution in [2.45, 2.75) is 25.9 Å². The number of hydrogen-bond acceptors (Lipinski definition) is 4. The minimum atomic E-state index is -0.538. The number of methoxy groups -OCH3 is 1. The van der Waals surface area contributed by atoms with E-state index in [9.17, 15) is 9.59 Å². The highest BCUT2D eigenvalue weighted by Gasteiger charge is 2.11. The van der Waals surface area contributed by atoms with Crippen LogP contribution in [0.15, 0.2) is 23.1 Å². The van der Waals surface area contributed by atoms with Gasteiger partial charge in [0.25, 0.3) is 5.56 Å². The molecule has 6 heteroatoms. The van der Waals surface area contributed by atoms with Gasteiger partial charge in [-0.25, -0.2) is 0 Å². The van der Waals surface area contributed by atoms with Crippen LogP contribution in [0.5, 0.6) is 0 Å². The fraction of sp³-hybridized carbons (Fsp3) is 0.500. The van der Waals surface area contributed by atoms with Crippen LogP contribution in [-0.4, -0.2) is 30.2 Å². The first-order valence-corrected chi connectivity index (χ1v) is 5.84. The van der Waals surface area contributed by atoms with Gasteiger partial charge in [0, 0.05) is 25.9 Å². The van der Waals surface area contributed by atoms with Crippen molar-refractivity contribution in [3.63, 3.8) is 0 Å². The lowest BCUT2D eigenvalue weighted by atomic mass is 10.2. The van der Waals surface area contributed by atoms with E-state index < -0.39 is 6.04 Å². The van der Waals surface area contributed by atoms with Crippen molar-refractivity contribution in [3.8, 4) is 0 Å². The van der Waals surface area contributed by atoms with Crippen LogP contribution in [0.4, 0.5) is 5.69 Å². The molecule has 1 aromatic heterocycles. The van der Waals surface area contributed by atoms with Crippen molar-refractivity contribution in [1.29, 1.82) is 0 Å². The van der Waals surface area contributed by atoms with Gasteiger partial charge in [0.1, 0.15) is 0 Å². The van der Waals surface area contributed by atoms with Crippen molar-refractivity contribution in [2.24, 2.45) is 5.73 Å². The van der Waals surface area contributed by atoms with Gasteiger partial charge in [0.05, 0.1) is 18.3 Å². The molecule has 0 saturated heterocycles. The SMILES string of the molecule is CC[C@H](N)C(=O)Nc1ccc(=O)n(CCOC)c1. The van der Waals surface area contributed by atoms with Crippen LogP contribution in [0.25, 0.3) is 0 Å². The Morgan fingerprint density at radius 3 is 2.89 bits per heavy atom. The topological polar surface area (TPSA) is 86.4 Å². The minimum Gasteiger partial charge on any atom is -0.383 e. The second kappa shape index (κ2) is 6.93. The Labute approximate surface area is 106 Å². The quantitative estimate of drug-likeness (QED) is 0.756. The average Bonchev–Trinajstić information content (AvgIpc) is 2.38. The monoisotopic (exact) mass is 253 g/mol. The molecule has 1 aromatic rings. The van der Waals surface area contributed by atoms with E-state index in [-0.39, 0.29) is 11.5 Å². The third kappa shape index (κ3) is 3.97. The summed E-state index contributed by atoms with van der Waals surface area (Å²) in [5.41, 5.74) is 6.03. The second-order valence-electron chi connectivity index (χ2n) is 3.95. The first kappa shape index (κ1) is 14.4. The summed E-state index contributed by atoms with van der Waals surface area (Å²) in [6, 6.07) is 2.43. The fourth-order valence-electron chi connectivity index (χ4n) is 1.39. The van der Waals surface area contributed by atoms with E-state index in [1.807, 2.05) is 6.92 Å². The molecule has 100 valence electrons. The molecule has 1 rings (SSSR count). The summed E-state index contributed by atoms with van der Waals surface area (Å²) in [6.45, 7) is 2.72. The predicted octanol–water partition coefficient (Wildman–Crippen LogP) is 0.171. The third-order valence-corrected chi connectivity index (χ3v) is 2.56. The molecule has 1 amide bonds. The minimum absolute atomic E-state index is 0.134. The Hall–Kier alpha value is -1.66. The standard InChI is InChI=1S/C12H19N3O3/c1-3-10(13)12(17)14-9-4-5-11(16)15(8-9)6-7-18-2/h4-5,8,10H,3,6-7,13H2,1-2H3,(H,14,17)/t10-/m0/s1. The average molecular weight is 253 g/mol. The maximum atomic E-state index is 11.6. The van der Waals surface area contributed by atoms with Crippen LogP contribution in [-0.2, 0) is 16.1 Å². The zero-order valence-corrected chi connectivity index (χ0v) is 10.7. The second-order valence-corrected chi connectivity index (χ2v) is 3.95. The van der Waals surface area contributed by atoms with E-state index in [0.717, 1.165) is 0 Å². The summed E-state index contributed by atoms with van der Waals surface area (Å²) in [4.78, 5) is 23.1. The number of carbonyl (C=O) groups is 1. The van der Waals surface area contributed by atoms with Gasteiger partial charge in [-0.1, -0.05) is 6.92 Å². The first-order valence-electron chi connectivity index (χ1n) is 5.84. The molecular weight excluding hydrogens is 234 g/mol. The van der Waals surface area contributed by atoms with E-state index in [1.54, 1.807) is 19.4 Å². The summed E-state index contributed by atoms with van der Waals surface area (Å²) >= 11 is 0. The summed E-state index contributed by atoms with van der Waals surface area (Å²) in [6.07, 6.45) is 2.15. The Morgan fingerprint density at radius 2 is 2.28 bits per heavy atom. The van der Waals surface area contributed by atoms with Crippen LogP contribution in [0, 0.1) is 0 Å². The summed E-state index contributed by atoms with van der Waals surface area (Å²) < 4.78 is 6.39. The van der Waals surface area contributed by atoms with Gasteiger partial charge >= 0.3 is 0 Å². The van der Waals surface area contributed by atoms with Crippen LogP contribution >= 0.6 is 0 Å². The van der Waals surface area contributed by atoms with E-state index in [1.165, 1.54) is 10.6 Å². The number of nitrogens with two attached hydrogens (primary N) is 1. The highest BCUT2D eigenvalue weighted by molar-refractivity contribution is 5.94. The number of rotatable bonds is 6. The third-order valence-electron chi connectivity index (χ3n) is 2.56. The number of hydrogen-bond donors (Lipinski definition) is 2. The van der Waals surface area contributed by atoms with E-state index in [0.29, 0.717) is 25.3 Å². The fourth-order valence-corrected chi connectivity index (χ4v) is 1.39. The number of carbonyl (C=O) groups excluding carboxylic acids is 1. The van der Waals surface area contributed by atoms with Crippen molar-refractivity contribution in [2.75, 3.05) is 19.0 Å². The lowest BCUT2D eigenvalue weighted by Gasteiger charge is -2.11. The van der Waals surface area contributed by atoms with Crippen LogP contribution in [0.2, 0.25) is 0 Å². The van der Waals surface area contributed by atoms with Gasteiger partial charge in [-0.05, 0) is 12.5 Å². The number of anilines is 1. The maximum absolute atomic E-state index is 11.6.